The fourth-order valence-corrected chi connectivity index (χ4v) is 5.22. The second-order valence-corrected chi connectivity index (χ2v) is 14.7. The van der Waals surface area contributed by atoms with Crippen molar-refractivity contribution in [2.75, 3.05) is 38.7 Å². The van der Waals surface area contributed by atoms with Gasteiger partial charge < -0.3 is 30.2 Å². The van der Waals surface area contributed by atoms with E-state index in [9.17, 15) is 19.2 Å². The van der Waals surface area contributed by atoms with E-state index in [-0.39, 0.29) is 30.5 Å². The summed E-state index contributed by atoms with van der Waals surface area (Å²) in [4.78, 5) is 53.5. The van der Waals surface area contributed by atoms with E-state index < -0.39 is 46.7 Å². The molecule has 0 heterocycles. The van der Waals surface area contributed by atoms with Crippen LogP contribution in [0.2, 0.25) is 0 Å². The molecule has 3 N–H and O–H groups in total. The number of ether oxygens (including phenoxy) is 3. The summed E-state index contributed by atoms with van der Waals surface area (Å²) in [6, 6.07) is 14.6. The molecule has 3 amide bonds. The Morgan fingerprint density at radius 3 is 2.06 bits per heavy atom. The van der Waals surface area contributed by atoms with Crippen LogP contribution in [0.4, 0.5) is 5.69 Å². The molecule has 272 valence electrons. The summed E-state index contributed by atoms with van der Waals surface area (Å²) in [5, 5.41) is 5.41. The standard InChI is InChI=1S/C38H56ClN3O7/c1-11-29(49-30-20-19-26(35(4,5)12-2)23-28(30)36(6,7)13-3)32(44)41-25-37(8,9)33(45)38(39,48-24-31(43)40-21-22-47-10)34(46)42-27-17-15-14-16-18-27/h14-20,23,29H,11-13,21-22,24-25H2,1-10H3,(H,40,43)(H,41,44)(H,42,46). The zero-order chi connectivity index (χ0) is 37.0. The summed E-state index contributed by atoms with van der Waals surface area (Å²) in [5.74, 6) is -2.18. The Morgan fingerprint density at radius 2 is 1.49 bits per heavy atom. The topological polar surface area (TPSA) is 132 Å². The fraction of sp³-hybridized carbons (Fsp3) is 0.579. The van der Waals surface area contributed by atoms with E-state index in [1.807, 2.05) is 13.0 Å². The van der Waals surface area contributed by atoms with Crippen molar-refractivity contribution in [2.24, 2.45) is 5.41 Å². The number of methoxy groups -OCH3 is 1. The molecule has 49 heavy (non-hydrogen) atoms. The van der Waals surface area contributed by atoms with Crippen molar-refractivity contribution in [3.63, 3.8) is 0 Å². The third-order valence-corrected chi connectivity index (χ3v) is 9.61. The molecule has 2 atom stereocenters. The number of para-hydroxylation sites is 1. The number of ketones is 1. The number of carbonyl (C=O) groups excluding carboxylic acids is 4. The largest absolute Gasteiger partial charge is 0.480 e. The molecule has 10 nitrogen and oxygen atoms in total. The van der Waals surface area contributed by atoms with Crippen LogP contribution in [0.15, 0.2) is 48.5 Å². The molecule has 0 aliphatic rings. The molecule has 2 unspecified atom stereocenters. The van der Waals surface area contributed by atoms with Crippen LogP contribution in [0, 0.1) is 5.41 Å². The third kappa shape index (κ3) is 11.3. The number of halogens is 1. The smallest absolute Gasteiger partial charge is 0.281 e. The van der Waals surface area contributed by atoms with Crippen molar-refractivity contribution in [1.82, 2.24) is 10.6 Å². The molecule has 0 aromatic heterocycles. The summed E-state index contributed by atoms with van der Waals surface area (Å²) < 4.78 is 16.9. The minimum Gasteiger partial charge on any atom is -0.480 e. The minimum absolute atomic E-state index is 0.0239. The number of hydrogen-bond donors (Lipinski definition) is 3. The number of carbonyl (C=O) groups is 4. The van der Waals surface area contributed by atoms with Crippen molar-refractivity contribution < 1.29 is 33.4 Å². The van der Waals surface area contributed by atoms with Gasteiger partial charge in [0.2, 0.25) is 5.91 Å². The Bertz CT molecular complexity index is 1430. The Morgan fingerprint density at radius 1 is 0.857 bits per heavy atom. The van der Waals surface area contributed by atoms with Gasteiger partial charge in [0.15, 0.2) is 11.9 Å². The summed E-state index contributed by atoms with van der Waals surface area (Å²) in [5.41, 5.74) is 0.971. The third-order valence-electron chi connectivity index (χ3n) is 9.16. The number of alkyl halides is 1. The van der Waals surface area contributed by atoms with Crippen LogP contribution < -0.4 is 20.7 Å². The number of hydrogen-bond acceptors (Lipinski definition) is 7. The number of amides is 3. The molecule has 0 aliphatic carbocycles. The minimum atomic E-state index is -2.59. The summed E-state index contributed by atoms with van der Waals surface area (Å²) in [6.45, 7) is 17.6. The van der Waals surface area contributed by atoms with Crippen LogP contribution in [-0.4, -0.2) is 68.1 Å². The van der Waals surface area contributed by atoms with E-state index >= 15 is 0 Å². The lowest BCUT2D eigenvalue weighted by Crippen LogP contribution is -2.56. The molecule has 0 radical (unpaired) electrons. The normalized spacial score (nSPS) is 13.9. The van der Waals surface area contributed by atoms with Gasteiger partial charge in [-0.25, -0.2) is 0 Å². The lowest BCUT2D eigenvalue weighted by atomic mass is 9.76. The molecule has 0 fully saturated rings. The fourth-order valence-electron chi connectivity index (χ4n) is 4.87. The van der Waals surface area contributed by atoms with Crippen LogP contribution >= 0.6 is 11.6 Å². The molecule has 0 aliphatic heterocycles. The number of Topliss-reactive ketones (excluding diaryl/α,β-unsaturated/α-hetero) is 1. The highest BCUT2D eigenvalue weighted by Crippen LogP contribution is 2.39. The van der Waals surface area contributed by atoms with E-state index in [4.69, 9.17) is 25.8 Å². The van der Waals surface area contributed by atoms with Crippen LogP contribution in [0.5, 0.6) is 5.75 Å². The predicted octanol–water partition coefficient (Wildman–Crippen LogP) is 6.28. The van der Waals surface area contributed by atoms with Crippen molar-refractivity contribution in [3.05, 3.63) is 59.7 Å². The highest BCUT2D eigenvalue weighted by atomic mass is 35.5. The Kier molecular flexibility index (Phi) is 15.3. The van der Waals surface area contributed by atoms with Crippen LogP contribution in [0.1, 0.15) is 92.7 Å². The maximum absolute atomic E-state index is 14.0. The predicted molar refractivity (Wildman–Crippen MR) is 194 cm³/mol. The van der Waals surface area contributed by atoms with Crippen molar-refractivity contribution >= 4 is 40.8 Å². The summed E-state index contributed by atoms with van der Waals surface area (Å²) in [6.07, 6.45) is 1.36. The average Bonchev–Trinajstić information content (AvgIpc) is 3.08. The summed E-state index contributed by atoms with van der Waals surface area (Å²) in [7, 11) is 1.49. The molecule has 11 heteroatoms. The van der Waals surface area contributed by atoms with E-state index in [1.54, 1.807) is 44.2 Å². The SMILES string of the molecule is CCC(Oc1ccc(C(C)(C)CC)cc1C(C)(C)CC)C(=O)NCC(C)(C)C(=O)C(Cl)(OCC(=O)NCCOC)C(=O)Nc1ccccc1. The van der Waals surface area contributed by atoms with Gasteiger partial charge in [-0.1, -0.05) is 104 Å². The maximum atomic E-state index is 14.0. The lowest BCUT2D eigenvalue weighted by molar-refractivity contribution is -0.154. The van der Waals surface area contributed by atoms with Gasteiger partial charge in [0, 0.05) is 36.9 Å². The maximum Gasteiger partial charge on any atom is 0.281 e. The first-order chi connectivity index (χ1) is 22.9. The molecule has 2 rings (SSSR count). The lowest BCUT2D eigenvalue weighted by Gasteiger charge is -2.33. The summed E-state index contributed by atoms with van der Waals surface area (Å²) >= 11 is 6.70. The average molecular weight is 702 g/mol. The molecular formula is C38H56ClN3O7. The highest BCUT2D eigenvalue weighted by Gasteiger charge is 2.52. The molecule has 0 saturated carbocycles. The van der Waals surface area contributed by atoms with E-state index in [0.717, 1.165) is 18.4 Å². The molecular weight excluding hydrogens is 646 g/mol. The van der Waals surface area contributed by atoms with E-state index in [1.165, 1.54) is 12.7 Å². The zero-order valence-corrected chi connectivity index (χ0v) is 31.6. The number of rotatable bonds is 20. The van der Waals surface area contributed by atoms with Crippen molar-refractivity contribution in [1.29, 1.82) is 0 Å². The van der Waals surface area contributed by atoms with Gasteiger partial charge in [0.1, 0.15) is 12.4 Å². The Hall–Kier alpha value is -3.47. The van der Waals surface area contributed by atoms with Gasteiger partial charge in [0.05, 0.1) is 6.61 Å². The quantitative estimate of drug-likeness (QED) is 0.0841. The van der Waals surface area contributed by atoms with Gasteiger partial charge in [-0.2, -0.15) is 0 Å². The monoisotopic (exact) mass is 701 g/mol. The molecule has 0 saturated heterocycles. The highest BCUT2D eigenvalue weighted by molar-refractivity contribution is 6.47. The van der Waals surface area contributed by atoms with Gasteiger partial charge in [0.25, 0.3) is 16.9 Å². The molecule has 2 aromatic carbocycles. The number of anilines is 1. The van der Waals surface area contributed by atoms with Crippen LogP contribution in [0.3, 0.4) is 0 Å². The molecule has 0 spiro atoms. The van der Waals surface area contributed by atoms with Gasteiger partial charge in [-0.15, -0.1) is 0 Å². The second-order valence-electron chi connectivity index (χ2n) is 14.2. The number of benzene rings is 2. The van der Waals surface area contributed by atoms with Crippen LogP contribution in [-0.2, 0) is 39.5 Å². The van der Waals surface area contributed by atoms with Gasteiger partial charge >= 0.3 is 0 Å². The Labute approximate surface area is 297 Å². The van der Waals surface area contributed by atoms with Gasteiger partial charge in [-0.05, 0) is 53.9 Å². The van der Waals surface area contributed by atoms with E-state index in [0.29, 0.717) is 17.9 Å². The zero-order valence-electron chi connectivity index (χ0n) is 30.9. The van der Waals surface area contributed by atoms with Crippen molar-refractivity contribution in [2.45, 2.75) is 104 Å². The van der Waals surface area contributed by atoms with Gasteiger partial charge in [-0.3, -0.25) is 19.2 Å². The Balaban J connectivity index is 2.29. The first kappa shape index (κ1) is 41.7. The first-order valence-electron chi connectivity index (χ1n) is 17.0. The van der Waals surface area contributed by atoms with E-state index in [2.05, 4.69) is 69.6 Å². The van der Waals surface area contributed by atoms with Crippen LogP contribution in [0.25, 0.3) is 0 Å². The second kappa shape index (κ2) is 18.0. The molecule has 0 bridgehead atoms. The van der Waals surface area contributed by atoms with Crippen molar-refractivity contribution in [3.8, 4) is 5.75 Å². The first-order valence-corrected chi connectivity index (χ1v) is 17.4. The number of nitrogens with one attached hydrogen (secondary N) is 3. The molecule has 2 aromatic rings.